The van der Waals surface area contributed by atoms with Gasteiger partial charge < -0.3 is 9.88 Å². The topological polar surface area (TPSA) is 66.1 Å². The quantitative estimate of drug-likeness (QED) is 0.937. The Morgan fingerprint density at radius 2 is 2.04 bits per heavy atom. The molecule has 1 aliphatic rings. The van der Waals surface area contributed by atoms with Gasteiger partial charge in [-0.15, -0.1) is 0 Å². The molecule has 2 aromatic rings. The smallest absolute Gasteiger partial charge is 0.263 e. The molecule has 0 bridgehead atoms. The van der Waals surface area contributed by atoms with Gasteiger partial charge in [0.25, 0.3) is 11.5 Å². The van der Waals surface area contributed by atoms with Crippen LogP contribution in [-0.4, -0.2) is 33.9 Å². The highest BCUT2D eigenvalue weighted by molar-refractivity contribution is 5.93. The fraction of sp³-hybridized carbons (Fsp3) is 0.312. The lowest BCUT2D eigenvalue weighted by Gasteiger charge is -2.16. The molecule has 0 spiro atoms. The highest BCUT2D eigenvalue weighted by Crippen LogP contribution is 2.22. The Morgan fingerprint density at radius 3 is 2.74 bits per heavy atom. The number of likely N-dealkylation sites (tertiary alicyclic amines) is 1. The van der Waals surface area contributed by atoms with Crippen molar-refractivity contribution >= 4 is 5.91 Å². The molecule has 1 unspecified atom stereocenters. The highest BCUT2D eigenvalue weighted by Gasteiger charge is 2.28. The van der Waals surface area contributed by atoms with Crippen LogP contribution in [0.25, 0.3) is 0 Å². The molecule has 23 heavy (non-hydrogen) atoms. The monoisotopic (exact) mass is 319 g/mol. The number of benzene rings is 1. The molecular formula is C16H15F2N3O2. The lowest BCUT2D eigenvalue weighted by Crippen LogP contribution is -2.33. The summed E-state index contributed by atoms with van der Waals surface area (Å²) >= 11 is 0. The van der Waals surface area contributed by atoms with Crippen LogP contribution in [-0.2, 0) is 6.42 Å². The average Bonchev–Trinajstić information content (AvgIpc) is 2.94. The van der Waals surface area contributed by atoms with Gasteiger partial charge in [-0.1, -0.05) is 0 Å². The van der Waals surface area contributed by atoms with E-state index >= 15 is 0 Å². The van der Waals surface area contributed by atoms with Crippen molar-refractivity contribution in [3.8, 4) is 0 Å². The fourth-order valence-electron chi connectivity index (χ4n) is 2.91. The Balaban J connectivity index is 1.68. The number of amides is 1. The number of halogens is 2. The normalized spacial score (nSPS) is 17.5. The number of H-pyrrole nitrogens is 1. The molecule has 5 nitrogen and oxygen atoms in total. The fourth-order valence-corrected chi connectivity index (χ4v) is 2.91. The number of nitrogens with zero attached hydrogens (tertiary/aromatic N) is 2. The van der Waals surface area contributed by atoms with Gasteiger partial charge in [0, 0.05) is 25.4 Å². The maximum atomic E-state index is 13.2. The number of hydrogen-bond acceptors (Lipinski definition) is 3. The first-order chi connectivity index (χ1) is 11.0. The lowest BCUT2D eigenvalue weighted by molar-refractivity contribution is 0.0785. The molecule has 3 rings (SSSR count). The maximum Gasteiger partial charge on any atom is 0.263 e. The summed E-state index contributed by atoms with van der Waals surface area (Å²) in [5.74, 6) is -1.47. The van der Waals surface area contributed by atoms with Crippen LogP contribution in [0.15, 0.2) is 35.5 Å². The minimum absolute atomic E-state index is 0.00458. The average molecular weight is 319 g/mol. The van der Waals surface area contributed by atoms with E-state index in [0.29, 0.717) is 25.1 Å². The van der Waals surface area contributed by atoms with Crippen LogP contribution in [0.4, 0.5) is 8.78 Å². The van der Waals surface area contributed by atoms with Crippen LogP contribution in [0.3, 0.4) is 0 Å². The second-order valence-electron chi connectivity index (χ2n) is 5.68. The van der Waals surface area contributed by atoms with Gasteiger partial charge in [-0.25, -0.2) is 13.8 Å². The zero-order valence-corrected chi connectivity index (χ0v) is 12.3. The van der Waals surface area contributed by atoms with Crippen molar-refractivity contribution in [2.24, 2.45) is 5.92 Å². The van der Waals surface area contributed by atoms with Crippen molar-refractivity contribution in [3.05, 3.63) is 63.8 Å². The van der Waals surface area contributed by atoms with E-state index < -0.39 is 17.2 Å². The Bertz CT molecular complexity index is 771. The van der Waals surface area contributed by atoms with Gasteiger partial charge in [0.1, 0.15) is 17.2 Å². The van der Waals surface area contributed by atoms with Crippen molar-refractivity contribution in [3.63, 3.8) is 0 Å². The van der Waals surface area contributed by atoms with Gasteiger partial charge in [-0.05, 0) is 36.5 Å². The SMILES string of the molecule is O=C(c1cnc[nH]c1=O)N1CCC(Cc2cc(F)cc(F)c2)C1. The Labute approximate surface area is 131 Å². The van der Waals surface area contributed by atoms with E-state index in [2.05, 4.69) is 9.97 Å². The number of hydrogen-bond donors (Lipinski definition) is 1. The molecule has 1 N–H and O–H groups in total. The van der Waals surface area contributed by atoms with E-state index in [0.717, 1.165) is 12.5 Å². The molecule has 0 radical (unpaired) electrons. The van der Waals surface area contributed by atoms with Gasteiger partial charge >= 0.3 is 0 Å². The number of carbonyl (C=O) groups is 1. The van der Waals surface area contributed by atoms with Crippen molar-refractivity contribution in [1.82, 2.24) is 14.9 Å². The largest absolute Gasteiger partial charge is 0.338 e. The molecule has 1 atom stereocenters. The van der Waals surface area contributed by atoms with E-state index in [4.69, 9.17) is 0 Å². The lowest BCUT2D eigenvalue weighted by atomic mass is 9.98. The molecule has 1 aliphatic heterocycles. The molecule has 1 saturated heterocycles. The molecule has 2 heterocycles. The third-order valence-electron chi connectivity index (χ3n) is 3.97. The first-order valence-corrected chi connectivity index (χ1v) is 7.30. The van der Waals surface area contributed by atoms with Crippen molar-refractivity contribution in [2.75, 3.05) is 13.1 Å². The predicted molar refractivity (Wildman–Crippen MR) is 78.9 cm³/mol. The van der Waals surface area contributed by atoms with E-state index in [1.165, 1.54) is 24.7 Å². The van der Waals surface area contributed by atoms with Crippen molar-refractivity contribution in [1.29, 1.82) is 0 Å². The Kier molecular flexibility index (Phi) is 4.18. The van der Waals surface area contributed by atoms with Gasteiger partial charge in [-0.2, -0.15) is 0 Å². The van der Waals surface area contributed by atoms with E-state index in [1.54, 1.807) is 4.90 Å². The van der Waals surface area contributed by atoms with Crippen LogP contribution in [0.5, 0.6) is 0 Å². The minimum atomic E-state index is -0.604. The third kappa shape index (κ3) is 3.44. The second-order valence-corrected chi connectivity index (χ2v) is 5.68. The zero-order chi connectivity index (χ0) is 16.4. The summed E-state index contributed by atoms with van der Waals surface area (Å²) in [4.78, 5) is 31.7. The second kappa shape index (κ2) is 6.28. The number of nitrogens with one attached hydrogen (secondary N) is 1. The predicted octanol–water partition coefficient (Wildman–Crippen LogP) is 1.75. The van der Waals surface area contributed by atoms with Gasteiger partial charge in [-0.3, -0.25) is 9.59 Å². The van der Waals surface area contributed by atoms with Gasteiger partial charge in [0.2, 0.25) is 0 Å². The number of rotatable bonds is 3. The Morgan fingerprint density at radius 1 is 1.30 bits per heavy atom. The van der Waals surface area contributed by atoms with E-state index in [-0.39, 0.29) is 17.4 Å². The van der Waals surface area contributed by atoms with E-state index in [9.17, 15) is 18.4 Å². The number of aromatic amines is 1. The molecule has 1 aromatic carbocycles. The summed E-state index contributed by atoms with van der Waals surface area (Å²) in [7, 11) is 0. The summed E-state index contributed by atoms with van der Waals surface area (Å²) in [5, 5.41) is 0. The highest BCUT2D eigenvalue weighted by atomic mass is 19.1. The minimum Gasteiger partial charge on any atom is -0.338 e. The summed E-state index contributed by atoms with van der Waals surface area (Å²) in [6.07, 6.45) is 3.69. The molecular weight excluding hydrogens is 304 g/mol. The van der Waals surface area contributed by atoms with Gasteiger partial charge in [0.05, 0.1) is 6.33 Å². The standard InChI is InChI=1S/C16H15F2N3O2/c17-12-4-11(5-13(18)6-12)3-10-1-2-21(8-10)16(23)14-7-19-9-20-15(14)22/h4-7,9-10H,1-3,8H2,(H,19,20,22). The van der Waals surface area contributed by atoms with Gasteiger partial charge in [0.15, 0.2) is 0 Å². The summed E-state index contributed by atoms with van der Waals surface area (Å²) in [6.45, 7) is 0.959. The number of aromatic nitrogens is 2. The van der Waals surface area contributed by atoms with Crippen molar-refractivity contribution in [2.45, 2.75) is 12.8 Å². The molecule has 1 fully saturated rings. The van der Waals surface area contributed by atoms with Crippen LogP contribution in [0.1, 0.15) is 22.3 Å². The van der Waals surface area contributed by atoms with Crippen molar-refractivity contribution < 1.29 is 13.6 Å². The molecule has 0 saturated carbocycles. The summed E-state index contributed by atoms with van der Waals surface area (Å²) in [5.41, 5.74) is 0.103. The summed E-state index contributed by atoms with van der Waals surface area (Å²) < 4.78 is 26.4. The van der Waals surface area contributed by atoms with Crippen LogP contribution in [0.2, 0.25) is 0 Å². The first kappa shape index (κ1) is 15.3. The number of carbonyl (C=O) groups excluding carboxylic acids is 1. The van der Waals surface area contributed by atoms with Crippen LogP contribution < -0.4 is 5.56 Å². The zero-order valence-electron chi connectivity index (χ0n) is 12.3. The molecule has 0 aliphatic carbocycles. The molecule has 1 aromatic heterocycles. The van der Waals surface area contributed by atoms with E-state index in [1.807, 2.05) is 0 Å². The molecule has 120 valence electrons. The maximum absolute atomic E-state index is 13.2. The first-order valence-electron chi connectivity index (χ1n) is 7.30. The molecule has 1 amide bonds. The van der Waals surface area contributed by atoms with Crippen LogP contribution in [0, 0.1) is 17.6 Å². The summed E-state index contributed by atoms with van der Waals surface area (Å²) in [6, 6.07) is 3.45. The Hall–Kier alpha value is -2.57. The molecule has 7 heteroatoms. The van der Waals surface area contributed by atoms with Crippen LogP contribution >= 0.6 is 0 Å². The third-order valence-corrected chi connectivity index (χ3v) is 3.97.